The predicted molar refractivity (Wildman–Crippen MR) is 71.3 cm³/mol. The summed E-state index contributed by atoms with van der Waals surface area (Å²) >= 11 is 0. The van der Waals surface area contributed by atoms with Crippen molar-refractivity contribution in [3.05, 3.63) is 29.2 Å². The van der Waals surface area contributed by atoms with Crippen LogP contribution in [0, 0.1) is 6.92 Å². The molecule has 0 fully saturated rings. The molecule has 0 amide bonds. The van der Waals surface area contributed by atoms with Crippen LogP contribution in [-0.2, 0) is 23.1 Å². The smallest absolute Gasteiger partial charge is 0.257 e. The maximum Gasteiger partial charge on any atom is 0.257 e. The molecule has 0 unspecified atom stereocenters. The van der Waals surface area contributed by atoms with E-state index in [1.807, 2.05) is 6.92 Å². The molecule has 0 atom stereocenters. The monoisotopic (exact) mass is 299 g/mol. The van der Waals surface area contributed by atoms with Crippen molar-refractivity contribution in [2.75, 3.05) is 6.54 Å². The van der Waals surface area contributed by atoms with Gasteiger partial charge >= 0.3 is 0 Å². The summed E-state index contributed by atoms with van der Waals surface area (Å²) in [6.45, 7) is 1.85. The number of aromatic nitrogens is 4. The fraction of sp³-hybridized carbons (Fsp3) is 0.455. The summed E-state index contributed by atoms with van der Waals surface area (Å²) in [5.41, 5.74) is 2.31. The Labute approximate surface area is 116 Å². The molecule has 0 aliphatic carbocycles. The number of H-pyrrole nitrogens is 2. The lowest BCUT2D eigenvalue weighted by Crippen LogP contribution is -2.26. The molecule has 8 nitrogen and oxygen atoms in total. The lowest BCUT2D eigenvalue weighted by molar-refractivity contribution is 0.278. The molecule has 0 spiro atoms. The standard InChI is InChI=1S/C11H17N5O3S/c1-8-9(5-12-15-8)3-2-4-14-20(18,19)11-10(7-17)6-13-16-11/h5-6,14,17H,2-4,7H2,1H3,(H,12,15)(H,13,16). The molecule has 2 aromatic heterocycles. The summed E-state index contributed by atoms with van der Waals surface area (Å²) in [4.78, 5) is 0. The van der Waals surface area contributed by atoms with Crippen LogP contribution in [0.15, 0.2) is 17.4 Å². The summed E-state index contributed by atoms with van der Waals surface area (Å²) in [6, 6.07) is 0. The highest BCUT2D eigenvalue weighted by Gasteiger charge is 2.19. The van der Waals surface area contributed by atoms with E-state index in [-0.39, 0.29) is 17.2 Å². The van der Waals surface area contributed by atoms with Crippen molar-refractivity contribution in [3.63, 3.8) is 0 Å². The topological polar surface area (TPSA) is 124 Å². The minimum Gasteiger partial charge on any atom is -0.392 e. The SMILES string of the molecule is Cc1[nH]ncc1CCCNS(=O)(=O)c1[nH]ncc1CO. The van der Waals surface area contributed by atoms with Gasteiger partial charge in [0.1, 0.15) is 0 Å². The van der Waals surface area contributed by atoms with Crippen LogP contribution in [0.5, 0.6) is 0 Å². The van der Waals surface area contributed by atoms with Gasteiger partial charge in [0.15, 0.2) is 5.03 Å². The van der Waals surface area contributed by atoms with Gasteiger partial charge in [0.2, 0.25) is 0 Å². The molecule has 2 heterocycles. The van der Waals surface area contributed by atoms with Crippen LogP contribution in [0.25, 0.3) is 0 Å². The first-order valence-electron chi connectivity index (χ1n) is 6.16. The van der Waals surface area contributed by atoms with Gasteiger partial charge in [0.25, 0.3) is 10.0 Å². The van der Waals surface area contributed by atoms with E-state index in [9.17, 15) is 8.42 Å². The Bertz CT molecular complexity index is 661. The molecule has 0 aliphatic heterocycles. The highest BCUT2D eigenvalue weighted by molar-refractivity contribution is 7.89. The molecule has 2 rings (SSSR count). The molecule has 20 heavy (non-hydrogen) atoms. The fourth-order valence-corrected chi connectivity index (χ4v) is 3.02. The second-order valence-electron chi connectivity index (χ2n) is 4.40. The molecule has 0 aromatic carbocycles. The Balaban J connectivity index is 1.89. The normalized spacial score (nSPS) is 11.9. The van der Waals surface area contributed by atoms with Crippen LogP contribution in [0.4, 0.5) is 0 Å². The summed E-state index contributed by atoms with van der Waals surface area (Å²) in [7, 11) is -3.66. The Kier molecular flexibility index (Phi) is 4.53. The quantitative estimate of drug-likeness (QED) is 0.529. The first-order chi connectivity index (χ1) is 9.54. The third kappa shape index (κ3) is 3.24. The number of aliphatic hydroxyl groups excluding tert-OH is 1. The molecule has 110 valence electrons. The summed E-state index contributed by atoms with van der Waals surface area (Å²) in [6.07, 6.45) is 4.43. The minimum atomic E-state index is -3.66. The number of aryl methyl sites for hydroxylation is 2. The third-order valence-electron chi connectivity index (χ3n) is 2.97. The van der Waals surface area contributed by atoms with Crippen molar-refractivity contribution in [2.45, 2.75) is 31.4 Å². The highest BCUT2D eigenvalue weighted by atomic mass is 32.2. The number of aliphatic hydroxyl groups is 1. The molecule has 4 N–H and O–H groups in total. The Hall–Kier alpha value is -1.71. The van der Waals surface area contributed by atoms with E-state index in [4.69, 9.17) is 5.11 Å². The van der Waals surface area contributed by atoms with E-state index >= 15 is 0 Å². The molecular formula is C11H17N5O3S. The molecule has 9 heteroatoms. The average Bonchev–Trinajstić information content (AvgIpc) is 3.03. The van der Waals surface area contributed by atoms with E-state index < -0.39 is 10.0 Å². The van der Waals surface area contributed by atoms with Crippen LogP contribution in [0.2, 0.25) is 0 Å². The van der Waals surface area contributed by atoms with Crippen LogP contribution >= 0.6 is 0 Å². The first kappa shape index (κ1) is 14.7. The Morgan fingerprint density at radius 1 is 1.25 bits per heavy atom. The van der Waals surface area contributed by atoms with Crippen molar-refractivity contribution in [1.82, 2.24) is 25.1 Å². The molecule has 0 saturated heterocycles. The van der Waals surface area contributed by atoms with E-state index in [1.54, 1.807) is 6.20 Å². The molecular weight excluding hydrogens is 282 g/mol. The second kappa shape index (κ2) is 6.16. The summed E-state index contributed by atoms with van der Waals surface area (Å²) in [5, 5.41) is 21.7. The van der Waals surface area contributed by atoms with Crippen LogP contribution in [0.3, 0.4) is 0 Å². The number of aromatic amines is 2. The molecule has 0 bridgehead atoms. The number of hydrogen-bond donors (Lipinski definition) is 4. The van der Waals surface area contributed by atoms with Crippen LogP contribution in [0.1, 0.15) is 23.2 Å². The van der Waals surface area contributed by atoms with Crippen molar-refractivity contribution in [3.8, 4) is 0 Å². The summed E-state index contributed by atoms with van der Waals surface area (Å²) in [5.74, 6) is 0. The van der Waals surface area contributed by atoms with Gasteiger partial charge in [-0.3, -0.25) is 10.2 Å². The Morgan fingerprint density at radius 3 is 2.60 bits per heavy atom. The maximum atomic E-state index is 12.0. The minimum absolute atomic E-state index is 0.0838. The van der Waals surface area contributed by atoms with Crippen molar-refractivity contribution >= 4 is 10.0 Å². The summed E-state index contributed by atoms with van der Waals surface area (Å²) < 4.78 is 26.5. The van der Waals surface area contributed by atoms with Crippen molar-refractivity contribution < 1.29 is 13.5 Å². The zero-order valence-corrected chi connectivity index (χ0v) is 11.9. The molecule has 0 aliphatic rings. The fourth-order valence-electron chi connectivity index (χ4n) is 1.83. The van der Waals surface area contributed by atoms with Gasteiger partial charge in [-0.25, -0.2) is 13.1 Å². The van der Waals surface area contributed by atoms with E-state index in [1.165, 1.54) is 6.20 Å². The highest BCUT2D eigenvalue weighted by Crippen LogP contribution is 2.11. The molecule has 2 aromatic rings. The number of hydrogen-bond acceptors (Lipinski definition) is 5. The van der Waals surface area contributed by atoms with Gasteiger partial charge < -0.3 is 5.11 Å². The van der Waals surface area contributed by atoms with Gasteiger partial charge in [-0.2, -0.15) is 10.2 Å². The van der Waals surface area contributed by atoms with Crippen LogP contribution in [-0.4, -0.2) is 40.5 Å². The van der Waals surface area contributed by atoms with Crippen molar-refractivity contribution in [2.24, 2.45) is 0 Å². The Morgan fingerprint density at radius 2 is 1.95 bits per heavy atom. The first-order valence-corrected chi connectivity index (χ1v) is 7.64. The van der Waals surface area contributed by atoms with Gasteiger partial charge in [-0.15, -0.1) is 0 Å². The largest absolute Gasteiger partial charge is 0.392 e. The van der Waals surface area contributed by atoms with E-state index in [2.05, 4.69) is 25.1 Å². The van der Waals surface area contributed by atoms with Gasteiger partial charge in [-0.1, -0.05) is 0 Å². The zero-order valence-electron chi connectivity index (χ0n) is 11.0. The third-order valence-corrected chi connectivity index (χ3v) is 4.44. The van der Waals surface area contributed by atoms with Gasteiger partial charge in [-0.05, 0) is 25.3 Å². The van der Waals surface area contributed by atoms with Crippen LogP contribution < -0.4 is 4.72 Å². The number of nitrogens with zero attached hydrogens (tertiary/aromatic N) is 2. The average molecular weight is 299 g/mol. The van der Waals surface area contributed by atoms with Gasteiger partial charge in [0.05, 0.1) is 19.0 Å². The second-order valence-corrected chi connectivity index (χ2v) is 6.11. The van der Waals surface area contributed by atoms with Gasteiger partial charge in [0, 0.05) is 17.8 Å². The number of nitrogens with one attached hydrogen (secondary N) is 3. The maximum absolute atomic E-state index is 12.0. The number of rotatable bonds is 7. The lowest BCUT2D eigenvalue weighted by Gasteiger charge is -2.06. The lowest BCUT2D eigenvalue weighted by atomic mass is 10.1. The molecule has 0 radical (unpaired) electrons. The zero-order chi connectivity index (χ0) is 14.6. The number of sulfonamides is 1. The van der Waals surface area contributed by atoms with Crippen molar-refractivity contribution in [1.29, 1.82) is 0 Å². The van der Waals surface area contributed by atoms with E-state index in [0.29, 0.717) is 13.0 Å². The van der Waals surface area contributed by atoms with E-state index in [0.717, 1.165) is 17.7 Å². The predicted octanol–water partition coefficient (Wildman–Crippen LogP) is -0.155. The molecule has 0 saturated carbocycles.